The van der Waals surface area contributed by atoms with Gasteiger partial charge in [0, 0.05) is 19.0 Å². The molecule has 0 aliphatic carbocycles. The number of nitrogens with zero attached hydrogens (tertiary/aromatic N) is 1. The molecule has 1 heterocycles. The minimum atomic E-state index is 0.656. The van der Waals surface area contributed by atoms with Gasteiger partial charge in [0.1, 0.15) is 0 Å². The van der Waals surface area contributed by atoms with E-state index in [1.165, 1.54) is 11.1 Å². The van der Waals surface area contributed by atoms with E-state index in [2.05, 4.69) is 31.2 Å². The van der Waals surface area contributed by atoms with Crippen molar-refractivity contribution in [2.75, 3.05) is 13.1 Å². The van der Waals surface area contributed by atoms with Gasteiger partial charge in [-0.3, -0.25) is 0 Å². The molecule has 0 spiro atoms. The van der Waals surface area contributed by atoms with E-state index >= 15 is 0 Å². The maximum Gasteiger partial charge on any atom is 0.0221 e. The van der Waals surface area contributed by atoms with Crippen LogP contribution in [0.1, 0.15) is 24.0 Å². The number of rotatable bonds is 2. The lowest BCUT2D eigenvalue weighted by Crippen LogP contribution is -2.37. The molecule has 0 atom stereocenters. The summed E-state index contributed by atoms with van der Waals surface area (Å²) in [6, 6.07) is 8.89. The van der Waals surface area contributed by atoms with E-state index < -0.39 is 0 Å². The summed E-state index contributed by atoms with van der Waals surface area (Å²) < 4.78 is 1.83. The molecule has 0 aromatic heterocycles. The zero-order chi connectivity index (χ0) is 9.26. The van der Waals surface area contributed by atoms with Crippen molar-refractivity contribution in [2.45, 2.75) is 19.3 Å². The molecule has 1 aliphatic heterocycles. The van der Waals surface area contributed by atoms with Gasteiger partial charge in [-0.1, -0.05) is 31.2 Å². The summed E-state index contributed by atoms with van der Waals surface area (Å²) in [5, 5.41) is 0. The van der Waals surface area contributed by atoms with E-state index in [1.807, 2.05) is 4.42 Å². The summed E-state index contributed by atoms with van der Waals surface area (Å²) in [5.41, 5.74) is 2.83. The van der Waals surface area contributed by atoms with E-state index in [1.54, 1.807) is 0 Å². The molecule has 70 valence electrons. The first-order valence-electron chi connectivity index (χ1n) is 4.79. The Labute approximate surface area is 84.4 Å². The standard InChI is InChI=1S/C11H14ClN/c1-2-9-3-5-10(6-4-9)11-7-13(12)8-11/h3-6,11H,2,7-8H2,1H3. The summed E-state index contributed by atoms with van der Waals surface area (Å²) in [6.45, 7) is 4.17. The molecule has 0 unspecified atom stereocenters. The number of hydrogen-bond donors (Lipinski definition) is 0. The zero-order valence-electron chi connectivity index (χ0n) is 7.83. The van der Waals surface area contributed by atoms with Crippen molar-refractivity contribution in [2.24, 2.45) is 0 Å². The van der Waals surface area contributed by atoms with Crippen molar-refractivity contribution in [3.8, 4) is 0 Å². The summed E-state index contributed by atoms with van der Waals surface area (Å²) in [4.78, 5) is 0. The van der Waals surface area contributed by atoms with Gasteiger partial charge in [-0.15, -0.1) is 0 Å². The van der Waals surface area contributed by atoms with Crippen LogP contribution in [0.5, 0.6) is 0 Å². The van der Waals surface area contributed by atoms with Crippen molar-refractivity contribution in [1.29, 1.82) is 0 Å². The molecule has 0 amide bonds. The molecule has 1 nitrogen and oxygen atoms in total. The van der Waals surface area contributed by atoms with E-state index in [0.29, 0.717) is 5.92 Å². The van der Waals surface area contributed by atoms with Gasteiger partial charge in [-0.25, -0.2) is 4.42 Å². The Kier molecular flexibility index (Phi) is 2.56. The second-order valence-electron chi connectivity index (χ2n) is 3.62. The van der Waals surface area contributed by atoms with Crippen LogP contribution >= 0.6 is 11.8 Å². The summed E-state index contributed by atoms with van der Waals surface area (Å²) >= 11 is 5.79. The molecule has 0 radical (unpaired) electrons. The molecule has 0 N–H and O–H groups in total. The lowest BCUT2D eigenvalue weighted by atomic mass is 9.93. The number of hydrogen-bond acceptors (Lipinski definition) is 1. The lowest BCUT2D eigenvalue weighted by Gasteiger charge is -2.33. The quantitative estimate of drug-likeness (QED) is 0.656. The zero-order valence-corrected chi connectivity index (χ0v) is 8.59. The fourth-order valence-corrected chi connectivity index (χ4v) is 1.99. The van der Waals surface area contributed by atoms with Gasteiger partial charge in [0.2, 0.25) is 0 Å². The Balaban J connectivity index is 2.06. The highest BCUT2D eigenvalue weighted by atomic mass is 35.5. The molecule has 1 fully saturated rings. The SMILES string of the molecule is CCc1ccc(C2CN(Cl)C2)cc1. The summed E-state index contributed by atoms with van der Waals surface area (Å²) in [6.07, 6.45) is 1.12. The second kappa shape index (κ2) is 3.69. The van der Waals surface area contributed by atoms with Gasteiger partial charge in [0.05, 0.1) is 0 Å². The van der Waals surface area contributed by atoms with Crippen molar-refractivity contribution in [3.63, 3.8) is 0 Å². The van der Waals surface area contributed by atoms with Crippen LogP contribution in [0.25, 0.3) is 0 Å². The van der Waals surface area contributed by atoms with Crippen molar-refractivity contribution in [3.05, 3.63) is 35.4 Å². The Morgan fingerprint density at radius 1 is 1.31 bits per heavy atom. The summed E-state index contributed by atoms with van der Waals surface area (Å²) in [5.74, 6) is 0.656. The predicted molar refractivity (Wildman–Crippen MR) is 56.0 cm³/mol. The second-order valence-corrected chi connectivity index (χ2v) is 4.10. The van der Waals surface area contributed by atoms with Gasteiger partial charge in [-0.05, 0) is 29.3 Å². The minimum absolute atomic E-state index is 0.656. The molecule has 1 aromatic carbocycles. The summed E-state index contributed by atoms with van der Waals surface area (Å²) in [7, 11) is 0. The van der Waals surface area contributed by atoms with Gasteiger partial charge in [-0.2, -0.15) is 0 Å². The number of aryl methyl sites for hydroxylation is 1. The molecule has 2 heteroatoms. The highest BCUT2D eigenvalue weighted by molar-refractivity contribution is 6.13. The average Bonchev–Trinajstić information content (AvgIpc) is 2.13. The minimum Gasteiger partial charge on any atom is -0.219 e. The van der Waals surface area contributed by atoms with Crippen LogP contribution in [0.15, 0.2) is 24.3 Å². The van der Waals surface area contributed by atoms with E-state index in [4.69, 9.17) is 11.8 Å². The highest BCUT2D eigenvalue weighted by Crippen LogP contribution is 2.28. The Morgan fingerprint density at radius 3 is 2.38 bits per heavy atom. The molecule has 2 rings (SSSR count). The van der Waals surface area contributed by atoms with Crippen LogP contribution in [-0.2, 0) is 6.42 Å². The largest absolute Gasteiger partial charge is 0.219 e. The average molecular weight is 196 g/mol. The molecule has 13 heavy (non-hydrogen) atoms. The Bertz CT molecular complexity index is 275. The normalized spacial score (nSPS) is 18.6. The molecule has 1 aromatic rings. The van der Waals surface area contributed by atoms with Crippen molar-refractivity contribution >= 4 is 11.8 Å². The lowest BCUT2D eigenvalue weighted by molar-refractivity contribution is 0.278. The Morgan fingerprint density at radius 2 is 1.92 bits per heavy atom. The monoisotopic (exact) mass is 195 g/mol. The maximum atomic E-state index is 5.79. The Hall–Kier alpha value is -0.530. The molecule has 1 aliphatic rings. The topological polar surface area (TPSA) is 3.24 Å². The van der Waals surface area contributed by atoms with Crippen LogP contribution < -0.4 is 0 Å². The van der Waals surface area contributed by atoms with Gasteiger partial charge in [0.15, 0.2) is 0 Å². The van der Waals surface area contributed by atoms with E-state index in [0.717, 1.165) is 19.5 Å². The number of benzene rings is 1. The van der Waals surface area contributed by atoms with Crippen molar-refractivity contribution in [1.82, 2.24) is 4.42 Å². The van der Waals surface area contributed by atoms with Gasteiger partial charge >= 0.3 is 0 Å². The van der Waals surface area contributed by atoms with Gasteiger partial charge in [0.25, 0.3) is 0 Å². The van der Waals surface area contributed by atoms with Crippen LogP contribution in [0.4, 0.5) is 0 Å². The molecule has 1 saturated heterocycles. The third kappa shape index (κ3) is 1.87. The van der Waals surface area contributed by atoms with E-state index in [9.17, 15) is 0 Å². The fourth-order valence-electron chi connectivity index (χ4n) is 1.66. The third-order valence-corrected chi connectivity index (χ3v) is 2.97. The number of halogens is 1. The first kappa shape index (κ1) is 9.04. The van der Waals surface area contributed by atoms with Crippen LogP contribution in [0.3, 0.4) is 0 Å². The van der Waals surface area contributed by atoms with Crippen LogP contribution in [0.2, 0.25) is 0 Å². The van der Waals surface area contributed by atoms with E-state index in [-0.39, 0.29) is 0 Å². The maximum absolute atomic E-state index is 5.79. The molecule has 0 bridgehead atoms. The fraction of sp³-hybridized carbons (Fsp3) is 0.455. The van der Waals surface area contributed by atoms with Crippen molar-refractivity contribution < 1.29 is 0 Å². The third-order valence-electron chi connectivity index (χ3n) is 2.70. The smallest absolute Gasteiger partial charge is 0.0221 e. The van der Waals surface area contributed by atoms with Crippen LogP contribution in [0, 0.1) is 0 Å². The predicted octanol–water partition coefficient (Wildman–Crippen LogP) is 2.80. The molecule has 0 saturated carbocycles. The first-order valence-corrected chi connectivity index (χ1v) is 5.13. The first-order chi connectivity index (χ1) is 6.29. The molecular formula is C11H14ClN. The van der Waals surface area contributed by atoms with Gasteiger partial charge < -0.3 is 0 Å². The molecular weight excluding hydrogens is 182 g/mol. The highest BCUT2D eigenvalue weighted by Gasteiger charge is 2.26. The van der Waals surface area contributed by atoms with Crippen LogP contribution in [-0.4, -0.2) is 17.5 Å².